The van der Waals surface area contributed by atoms with Crippen LogP contribution in [0.2, 0.25) is 10.2 Å². The molecular formula is C15H20Cl2N2O. The van der Waals surface area contributed by atoms with E-state index in [-0.39, 0.29) is 11.1 Å². The lowest BCUT2D eigenvalue weighted by Crippen LogP contribution is -2.41. The zero-order valence-corrected chi connectivity index (χ0v) is 13.4. The third-order valence-corrected chi connectivity index (χ3v) is 4.32. The molecule has 0 spiro atoms. The lowest BCUT2D eigenvalue weighted by atomic mass is 10.1. The number of hydrogen-bond donors (Lipinski definition) is 0. The average Bonchev–Trinajstić information content (AvgIpc) is 2.92. The molecular weight excluding hydrogens is 295 g/mol. The van der Waals surface area contributed by atoms with Crippen molar-refractivity contribution in [3.8, 4) is 0 Å². The first-order valence-corrected chi connectivity index (χ1v) is 7.86. The van der Waals surface area contributed by atoms with Gasteiger partial charge in [-0.1, -0.05) is 49.9 Å². The summed E-state index contributed by atoms with van der Waals surface area (Å²) in [6.45, 7) is 5.02. The molecule has 5 heteroatoms. The van der Waals surface area contributed by atoms with Crippen LogP contribution in [0, 0.1) is 5.92 Å². The van der Waals surface area contributed by atoms with Crippen LogP contribution >= 0.6 is 23.2 Å². The molecule has 1 aliphatic carbocycles. The molecule has 1 heterocycles. The summed E-state index contributed by atoms with van der Waals surface area (Å²) in [5, 5.41) is 0.563. The minimum atomic E-state index is 0.0108. The second-order valence-electron chi connectivity index (χ2n) is 5.79. The first-order chi connectivity index (χ1) is 9.49. The van der Waals surface area contributed by atoms with Crippen molar-refractivity contribution in [3.05, 3.63) is 28.0 Å². The molecule has 0 aliphatic heterocycles. The summed E-state index contributed by atoms with van der Waals surface area (Å²) in [7, 11) is 0. The normalized spacial score (nSPS) is 15.8. The Balaban J connectivity index is 2.22. The molecule has 1 aromatic heterocycles. The maximum atomic E-state index is 12.7. The number of nitrogens with zero attached hydrogens (tertiary/aromatic N) is 2. The molecule has 1 aromatic rings. The first kappa shape index (κ1) is 15.6. The lowest BCUT2D eigenvalue weighted by molar-refractivity contribution is 0.0655. The van der Waals surface area contributed by atoms with Crippen LogP contribution in [0.3, 0.4) is 0 Å². The number of amides is 1. The molecule has 1 fully saturated rings. The second kappa shape index (κ2) is 6.77. The zero-order valence-electron chi connectivity index (χ0n) is 11.9. The smallest absolute Gasteiger partial charge is 0.255 e. The van der Waals surface area contributed by atoms with E-state index in [1.807, 2.05) is 4.90 Å². The molecule has 3 nitrogen and oxygen atoms in total. The van der Waals surface area contributed by atoms with E-state index in [2.05, 4.69) is 18.8 Å². The van der Waals surface area contributed by atoms with Gasteiger partial charge in [0.2, 0.25) is 0 Å². The quantitative estimate of drug-likeness (QED) is 0.770. The lowest BCUT2D eigenvalue weighted by Gasteiger charge is -2.30. The van der Waals surface area contributed by atoms with E-state index >= 15 is 0 Å². The molecule has 0 unspecified atom stereocenters. The van der Waals surface area contributed by atoms with Gasteiger partial charge in [0.25, 0.3) is 5.91 Å². The fourth-order valence-corrected chi connectivity index (χ4v) is 2.98. The van der Waals surface area contributed by atoms with Gasteiger partial charge >= 0.3 is 0 Å². The number of hydrogen-bond acceptors (Lipinski definition) is 2. The van der Waals surface area contributed by atoms with Crippen LogP contribution in [0.5, 0.6) is 0 Å². The molecule has 2 rings (SSSR count). The number of carbonyl (C=O) groups is 1. The molecule has 0 aromatic carbocycles. The summed E-state index contributed by atoms with van der Waals surface area (Å²) < 4.78 is 0. The van der Waals surface area contributed by atoms with Gasteiger partial charge in [-0.05, 0) is 24.8 Å². The van der Waals surface area contributed by atoms with Crippen molar-refractivity contribution in [2.24, 2.45) is 5.92 Å². The summed E-state index contributed by atoms with van der Waals surface area (Å²) in [5.41, 5.74) is 0.520. The van der Waals surface area contributed by atoms with Crippen molar-refractivity contribution >= 4 is 29.1 Å². The van der Waals surface area contributed by atoms with Gasteiger partial charge in [0, 0.05) is 18.8 Å². The molecule has 1 amide bonds. The van der Waals surface area contributed by atoms with E-state index in [0.717, 1.165) is 19.4 Å². The third kappa shape index (κ3) is 3.64. The molecule has 110 valence electrons. The van der Waals surface area contributed by atoms with E-state index in [4.69, 9.17) is 23.2 Å². The molecule has 20 heavy (non-hydrogen) atoms. The van der Waals surface area contributed by atoms with Crippen molar-refractivity contribution < 1.29 is 4.79 Å². The van der Waals surface area contributed by atoms with Gasteiger partial charge in [-0.2, -0.15) is 0 Å². The Morgan fingerprint density at radius 2 is 2.05 bits per heavy atom. The monoisotopic (exact) mass is 314 g/mol. The number of pyridine rings is 1. The van der Waals surface area contributed by atoms with Crippen LogP contribution < -0.4 is 0 Å². The minimum absolute atomic E-state index is 0.0108. The van der Waals surface area contributed by atoms with E-state index in [1.165, 1.54) is 19.0 Å². The highest BCUT2D eigenvalue weighted by molar-refractivity contribution is 6.41. The fourth-order valence-electron chi connectivity index (χ4n) is 2.71. The summed E-state index contributed by atoms with van der Waals surface area (Å²) in [6.07, 6.45) is 6.09. The van der Waals surface area contributed by atoms with Gasteiger partial charge in [0.15, 0.2) is 0 Å². The fraction of sp³-hybridized carbons (Fsp3) is 0.600. The Morgan fingerprint density at radius 3 is 2.60 bits per heavy atom. The van der Waals surface area contributed by atoms with E-state index in [0.29, 0.717) is 22.5 Å². The summed E-state index contributed by atoms with van der Waals surface area (Å²) in [4.78, 5) is 18.7. The number of halogens is 2. The van der Waals surface area contributed by atoms with Crippen molar-refractivity contribution in [3.63, 3.8) is 0 Å². The van der Waals surface area contributed by atoms with Crippen molar-refractivity contribution in [2.45, 2.75) is 45.6 Å². The molecule has 0 saturated heterocycles. The van der Waals surface area contributed by atoms with Gasteiger partial charge in [-0.25, -0.2) is 4.98 Å². The van der Waals surface area contributed by atoms with Crippen LogP contribution in [0.25, 0.3) is 0 Å². The van der Waals surface area contributed by atoms with Gasteiger partial charge < -0.3 is 4.90 Å². The Morgan fingerprint density at radius 1 is 1.40 bits per heavy atom. The SMILES string of the molecule is CC(C)CN(C(=O)c1cnc(Cl)c(Cl)c1)C1CCCC1. The first-order valence-electron chi connectivity index (χ1n) is 7.11. The average molecular weight is 315 g/mol. The molecule has 0 bridgehead atoms. The summed E-state index contributed by atoms with van der Waals surface area (Å²) in [6, 6.07) is 1.96. The largest absolute Gasteiger partial charge is 0.335 e. The topological polar surface area (TPSA) is 33.2 Å². The second-order valence-corrected chi connectivity index (χ2v) is 6.55. The van der Waals surface area contributed by atoms with Crippen LogP contribution in [-0.4, -0.2) is 28.4 Å². The Kier molecular flexibility index (Phi) is 5.28. The van der Waals surface area contributed by atoms with E-state index < -0.39 is 0 Å². The Bertz CT molecular complexity index is 485. The Hall–Kier alpha value is -0.800. The third-order valence-electron chi connectivity index (χ3n) is 3.63. The van der Waals surface area contributed by atoms with Crippen molar-refractivity contribution in [1.82, 2.24) is 9.88 Å². The predicted molar refractivity (Wildman–Crippen MR) is 82.4 cm³/mol. The molecule has 0 radical (unpaired) electrons. The predicted octanol–water partition coefficient (Wildman–Crippen LogP) is 4.43. The van der Waals surface area contributed by atoms with E-state index in [9.17, 15) is 4.79 Å². The highest BCUT2D eigenvalue weighted by Crippen LogP contribution is 2.27. The summed E-state index contributed by atoms with van der Waals surface area (Å²) in [5.74, 6) is 0.451. The maximum absolute atomic E-state index is 12.7. The summed E-state index contributed by atoms with van der Waals surface area (Å²) >= 11 is 11.8. The highest BCUT2D eigenvalue weighted by Gasteiger charge is 2.28. The molecule has 1 saturated carbocycles. The van der Waals surface area contributed by atoms with E-state index in [1.54, 1.807) is 6.07 Å². The molecule has 0 N–H and O–H groups in total. The molecule has 1 aliphatic rings. The van der Waals surface area contributed by atoms with Gasteiger partial charge in [0.1, 0.15) is 5.15 Å². The highest BCUT2D eigenvalue weighted by atomic mass is 35.5. The van der Waals surface area contributed by atoms with Gasteiger partial charge in [-0.3, -0.25) is 4.79 Å². The standard InChI is InChI=1S/C15H20Cl2N2O/c1-10(2)9-19(12-5-3-4-6-12)15(20)11-7-13(16)14(17)18-8-11/h7-8,10,12H,3-6,9H2,1-2H3. The van der Waals surface area contributed by atoms with Crippen LogP contribution in [0.15, 0.2) is 12.3 Å². The van der Waals surface area contributed by atoms with Crippen molar-refractivity contribution in [2.75, 3.05) is 6.54 Å². The van der Waals surface area contributed by atoms with Crippen LogP contribution in [0.1, 0.15) is 49.9 Å². The number of rotatable bonds is 4. The number of aromatic nitrogens is 1. The number of carbonyl (C=O) groups excluding carboxylic acids is 1. The maximum Gasteiger partial charge on any atom is 0.255 e. The van der Waals surface area contributed by atoms with Crippen molar-refractivity contribution in [1.29, 1.82) is 0 Å². The van der Waals surface area contributed by atoms with Crippen LogP contribution in [0.4, 0.5) is 0 Å². The zero-order chi connectivity index (χ0) is 14.7. The molecule has 0 atom stereocenters. The van der Waals surface area contributed by atoms with Crippen LogP contribution in [-0.2, 0) is 0 Å². The minimum Gasteiger partial charge on any atom is -0.335 e. The van der Waals surface area contributed by atoms with Gasteiger partial charge in [0.05, 0.1) is 10.6 Å². The Labute approximate surface area is 130 Å². The van der Waals surface area contributed by atoms with Gasteiger partial charge in [-0.15, -0.1) is 0 Å².